The molecule has 3 aromatic rings. The molecular weight excluding hydrogens is 450 g/mol. The molecule has 1 fully saturated rings. The first kappa shape index (κ1) is 23.7. The van der Waals surface area contributed by atoms with E-state index in [-0.39, 0.29) is 11.9 Å². The largest absolute Gasteiger partial charge is 0.333 e. The zero-order valence-electron chi connectivity index (χ0n) is 20.4. The molecule has 5 rings (SSSR count). The van der Waals surface area contributed by atoms with E-state index < -0.39 is 0 Å². The van der Waals surface area contributed by atoms with E-state index in [0.717, 1.165) is 49.5 Å². The van der Waals surface area contributed by atoms with Crippen molar-refractivity contribution in [3.05, 3.63) is 102 Å². The van der Waals surface area contributed by atoms with Crippen molar-refractivity contribution in [1.29, 1.82) is 0 Å². The number of rotatable bonds is 6. The van der Waals surface area contributed by atoms with Crippen molar-refractivity contribution >= 4 is 23.2 Å². The molecule has 2 aliphatic rings. The summed E-state index contributed by atoms with van der Waals surface area (Å²) in [5.41, 5.74) is 5.50. The lowest BCUT2D eigenvalue weighted by molar-refractivity contribution is 0.102. The van der Waals surface area contributed by atoms with Crippen molar-refractivity contribution in [2.45, 2.75) is 19.5 Å². The van der Waals surface area contributed by atoms with Gasteiger partial charge in [0.1, 0.15) is 6.04 Å². The molecule has 8 heteroatoms. The van der Waals surface area contributed by atoms with Crippen LogP contribution in [0.15, 0.2) is 84.3 Å². The number of hydrogen-bond donors (Lipinski definition) is 4. The zero-order valence-corrected chi connectivity index (χ0v) is 20.4. The van der Waals surface area contributed by atoms with Crippen LogP contribution < -0.4 is 21.3 Å². The van der Waals surface area contributed by atoms with Crippen LogP contribution in [0.25, 0.3) is 0 Å². The molecule has 0 aliphatic carbocycles. The monoisotopic (exact) mass is 481 g/mol. The standard InChI is InChI=1S/C28H31N7O/c1-20-4-9-24(17-26(20)34-28-31-12-10-25(33-28)23-3-2-11-30-18-23)32-27(36)22-7-5-21(6-8-22)19-35-15-13-29-14-16-35/h2-12,17-18,25,29H,13-16,19H2,1H3,(H,32,36)(H2,31,33,34). The summed E-state index contributed by atoms with van der Waals surface area (Å²) in [6, 6.07) is 17.5. The van der Waals surface area contributed by atoms with Crippen molar-refractivity contribution in [3.63, 3.8) is 0 Å². The number of nitrogens with zero attached hydrogens (tertiary/aromatic N) is 3. The Morgan fingerprint density at radius 2 is 1.94 bits per heavy atom. The average Bonchev–Trinajstić information content (AvgIpc) is 2.92. The second-order valence-electron chi connectivity index (χ2n) is 9.04. The molecule has 1 unspecified atom stereocenters. The molecule has 2 aliphatic heterocycles. The van der Waals surface area contributed by atoms with Crippen molar-refractivity contribution in [2.24, 2.45) is 4.99 Å². The molecule has 184 valence electrons. The number of pyridine rings is 1. The molecule has 1 saturated heterocycles. The number of aromatic nitrogens is 1. The van der Waals surface area contributed by atoms with Crippen LogP contribution in [0.5, 0.6) is 0 Å². The predicted octanol–water partition coefficient (Wildman–Crippen LogP) is 3.67. The van der Waals surface area contributed by atoms with Crippen molar-refractivity contribution in [2.75, 3.05) is 36.8 Å². The molecule has 1 amide bonds. The van der Waals surface area contributed by atoms with Crippen molar-refractivity contribution in [1.82, 2.24) is 20.5 Å². The second-order valence-corrected chi connectivity index (χ2v) is 9.04. The summed E-state index contributed by atoms with van der Waals surface area (Å²) in [6.07, 6.45) is 7.43. The number of carbonyl (C=O) groups excluding carboxylic acids is 1. The van der Waals surface area contributed by atoms with E-state index in [4.69, 9.17) is 4.99 Å². The molecule has 1 atom stereocenters. The van der Waals surface area contributed by atoms with Gasteiger partial charge in [-0.1, -0.05) is 24.3 Å². The highest BCUT2D eigenvalue weighted by molar-refractivity contribution is 6.05. The van der Waals surface area contributed by atoms with Gasteiger partial charge < -0.3 is 21.3 Å². The lowest BCUT2D eigenvalue weighted by Gasteiger charge is -2.27. The van der Waals surface area contributed by atoms with Crippen LogP contribution in [0, 0.1) is 6.92 Å². The number of piperazine rings is 1. The van der Waals surface area contributed by atoms with Crippen molar-refractivity contribution in [3.8, 4) is 0 Å². The first-order valence-electron chi connectivity index (χ1n) is 12.3. The van der Waals surface area contributed by atoms with Gasteiger partial charge in [-0.15, -0.1) is 0 Å². The van der Waals surface area contributed by atoms with E-state index in [1.54, 1.807) is 6.20 Å². The smallest absolute Gasteiger partial charge is 0.255 e. The van der Waals surface area contributed by atoms with Gasteiger partial charge in [-0.3, -0.25) is 14.7 Å². The Bertz CT molecular complexity index is 1250. The van der Waals surface area contributed by atoms with Gasteiger partial charge in [0.05, 0.1) is 0 Å². The summed E-state index contributed by atoms with van der Waals surface area (Å²) < 4.78 is 0. The zero-order chi connectivity index (χ0) is 24.7. The summed E-state index contributed by atoms with van der Waals surface area (Å²) in [4.78, 5) is 24.3. The number of guanidine groups is 1. The third kappa shape index (κ3) is 5.97. The predicted molar refractivity (Wildman–Crippen MR) is 144 cm³/mol. The Morgan fingerprint density at radius 3 is 2.72 bits per heavy atom. The normalized spacial score (nSPS) is 17.7. The topological polar surface area (TPSA) is 93.7 Å². The van der Waals surface area contributed by atoms with Gasteiger partial charge in [-0.05, 0) is 60.0 Å². The van der Waals surface area contributed by atoms with Crippen LogP contribution in [0.1, 0.15) is 33.1 Å². The van der Waals surface area contributed by atoms with Crippen molar-refractivity contribution < 1.29 is 4.79 Å². The number of benzene rings is 2. The van der Waals surface area contributed by atoms with E-state index in [2.05, 4.69) is 31.2 Å². The van der Waals surface area contributed by atoms with E-state index in [1.807, 2.05) is 80.0 Å². The van der Waals surface area contributed by atoms with Gasteiger partial charge in [0.15, 0.2) is 0 Å². The molecule has 0 radical (unpaired) electrons. The molecule has 0 bridgehead atoms. The maximum atomic E-state index is 12.9. The number of aryl methyl sites for hydroxylation is 1. The molecule has 36 heavy (non-hydrogen) atoms. The van der Waals surface area contributed by atoms with Gasteiger partial charge >= 0.3 is 0 Å². The highest BCUT2D eigenvalue weighted by Crippen LogP contribution is 2.24. The third-order valence-corrected chi connectivity index (χ3v) is 6.37. The summed E-state index contributed by atoms with van der Waals surface area (Å²) >= 11 is 0. The van der Waals surface area contributed by atoms with Crippen LogP contribution in [0.3, 0.4) is 0 Å². The molecule has 0 saturated carbocycles. The second kappa shape index (κ2) is 11.2. The Balaban J connectivity index is 1.23. The fourth-order valence-corrected chi connectivity index (χ4v) is 4.30. The van der Waals surface area contributed by atoms with Gasteiger partial charge in [-0.25, -0.2) is 4.99 Å². The SMILES string of the molecule is Cc1ccc(NC(=O)c2ccc(CN3CCNCC3)cc2)cc1NC1=NC(c2cccnc2)C=CN1. The number of aliphatic imine (C=N–C) groups is 1. The number of amides is 1. The van der Waals surface area contributed by atoms with Gasteiger partial charge in [0.25, 0.3) is 5.91 Å². The summed E-state index contributed by atoms with van der Waals surface area (Å²) in [5, 5.41) is 12.9. The fraction of sp³-hybridized carbons (Fsp3) is 0.250. The van der Waals surface area contributed by atoms with Gasteiger partial charge in [-0.2, -0.15) is 0 Å². The number of nitrogens with one attached hydrogen (secondary N) is 4. The van der Waals surface area contributed by atoms with E-state index in [0.29, 0.717) is 17.2 Å². The molecular formula is C28H31N7O. The van der Waals surface area contributed by atoms with Crippen LogP contribution in [0.4, 0.5) is 11.4 Å². The minimum atomic E-state index is -0.133. The molecule has 1 aromatic heterocycles. The number of carbonyl (C=O) groups is 1. The number of hydrogen-bond acceptors (Lipinski definition) is 7. The third-order valence-electron chi connectivity index (χ3n) is 6.37. The Labute approximate surface area is 211 Å². The quantitative estimate of drug-likeness (QED) is 0.429. The first-order valence-corrected chi connectivity index (χ1v) is 12.3. The molecule has 0 spiro atoms. The minimum absolute atomic E-state index is 0.111. The lowest BCUT2D eigenvalue weighted by Crippen LogP contribution is -2.42. The van der Waals surface area contributed by atoms with Crippen LogP contribution >= 0.6 is 0 Å². The Kier molecular flexibility index (Phi) is 7.35. The van der Waals surface area contributed by atoms with Crippen LogP contribution in [-0.2, 0) is 6.54 Å². The Hall–Kier alpha value is -4.01. The summed E-state index contributed by atoms with van der Waals surface area (Å²) in [5.74, 6) is 0.504. The maximum Gasteiger partial charge on any atom is 0.255 e. The molecule has 3 heterocycles. The maximum absolute atomic E-state index is 12.9. The molecule has 2 aromatic carbocycles. The van der Waals surface area contributed by atoms with E-state index in [1.165, 1.54) is 5.56 Å². The highest BCUT2D eigenvalue weighted by Gasteiger charge is 2.14. The summed E-state index contributed by atoms with van der Waals surface area (Å²) in [6.45, 7) is 7.08. The van der Waals surface area contributed by atoms with Crippen LogP contribution in [0.2, 0.25) is 0 Å². The summed E-state index contributed by atoms with van der Waals surface area (Å²) in [7, 11) is 0. The van der Waals surface area contributed by atoms with E-state index in [9.17, 15) is 4.79 Å². The van der Waals surface area contributed by atoms with Gasteiger partial charge in [0, 0.05) is 68.3 Å². The van der Waals surface area contributed by atoms with Crippen LogP contribution in [-0.4, -0.2) is 47.9 Å². The average molecular weight is 482 g/mol. The minimum Gasteiger partial charge on any atom is -0.333 e. The first-order chi connectivity index (χ1) is 17.6. The Morgan fingerprint density at radius 1 is 1.11 bits per heavy atom. The number of anilines is 2. The highest BCUT2D eigenvalue weighted by atomic mass is 16.1. The lowest BCUT2D eigenvalue weighted by atomic mass is 10.1. The van der Waals surface area contributed by atoms with E-state index >= 15 is 0 Å². The fourth-order valence-electron chi connectivity index (χ4n) is 4.30. The molecule has 8 nitrogen and oxygen atoms in total. The molecule has 4 N–H and O–H groups in total. The van der Waals surface area contributed by atoms with Gasteiger partial charge in [0.2, 0.25) is 5.96 Å².